The molecule has 3 N–H and O–H groups in total. The van der Waals surface area contributed by atoms with E-state index in [0.717, 1.165) is 23.1 Å². The number of rotatable bonds is 8. The Labute approximate surface area is 186 Å². The van der Waals surface area contributed by atoms with Crippen molar-refractivity contribution in [2.75, 3.05) is 17.2 Å². The number of benzene rings is 3. The number of nitrogens with two attached hydrogens (primary N) is 1. The highest BCUT2D eigenvalue weighted by Gasteiger charge is 2.19. The lowest BCUT2D eigenvalue weighted by Crippen LogP contribution is -2.39. The van der Waals surface area contributed by atoms with E-state index in [9.17, 15) is 9.59 Å². The molecule has 32 heavy (non-hydrogen) atoms. The summed E-state index contributed by atoms with van der Waals surface area (Å²) in [5, 5.41) is 0. The molecular weight excluding hydrogens is 400 g/mol. The van der Waals surface area contributed by atoms with Crippen molar-refractivity contribution in [1.82, 2.24) is 9.55 Å². The fourth-order valence-electron chi connectivity index (χ4n) is 3.79. The van der Waals surface area contributed by atoms with Crippen molar-refractivity contribution in [2.24, 2.45) is 0 Å². The Balaban J connectivity index is 1.72. The van der Waals surface area contributed by atoms with Gasteiger partial charge < -0.3 is 10.6 Å². The molecule has 0 bridgehead atoms. The molecule has 0 saturated carbocycles. The van der Waals surface area contributed by atoms with Crippen molar-refractivity contribution in [2.45, 2.75) is 19.5 Å². The number of aromatic nitrogens is 2. The highest BCUT2D eigenvalue weighted by atomic mass is 16.2. The van der Waals surface area contributed by atoms with E-state index >= 15 is 0 Å². The van der Waals surface area contributed by atoms with Gasteiger partial charge in [-0.25, -0.2) is 4.79 Å². The zero-order valence-corrected chi connectivity index (χ0v) is 17.8. The Bertz CT molecular complexity index is 1270. The zero-order chi connectivity index (χ0) is 22.3. The quantitative estimate of drug-likeness (QED) is 0.452. The van der Waals surface area contributed by atoms with Gasteiger partial charge in [-0.05, 0) is 23.1 Å². The second-order valence-electron chi connectivity index (χ2n) is 7.71. The normalized spacial score (nSPS) is 10.8. The summed E-state index contributed by atoms with van der Waals surface area (Å²) in [6.07, 6.45) is 0.740. The van der Waals surface area contributed by atoms with Crippen LogP contribution in [0.3, 0.4) is 0 Å². The van der Waals surface area contributed by atoms with E-state index in [1.54, 1.807) is 0 Å². The SMILES string of the molecule is Nc1c(N(CCc2ccccc2)Cc2ccccc2)c(=O)[nH]c(=O)n1Cc1ccccc1. The van der Waals surface area contributed by atoms with Crippen LogP contribution in [0.15, 0.2) is 101 Å². The van der Waals surface area contributed by atoms with E-state index < -0.39 is 11.2 Å². The number of hydrogen-bond acceptors (Lipinski definition) is 4. The van der Waals surface area contributed by atoms with E-state index in [1.807, 2.05) is 83.8 Å². The fourth-order valence-corrected chi connectivity index (χ4v) is 3.79. The number of nitrogens with one attached hydrogen (secondary N) is 1. The van der Waals surface area contributed by atoms with Gasteiger partial charge in [0.05, 0.1) is 6.54 Å². The van der Waals surface area contributed by atoms with E-state index in [2.05, 4.69) is 17.1 Å². The van der Waals surface area contributed by atoms with Gasteiger partial charge in [0.2, 0.25) is 0 Å². The number of anilines is 2. The van der Waals surface area contributed by atoms with Crippen molar-refractivity contribution >= 4 is 11.5 Å². The highest BCUT2D eigenvalue weighted by molar-refractivity contribution is 5.63. The Kier molecular flexibility index (Phi) is 6.51. The molecule has 4 aromatic rings. The van der Waals surface area contributed by atoms with Crippen molar-refractivity contribution < 1.29 is 0 Å². The summed E-state index contributed by atoms with van der Waals surface area (Å²) >= 11 is 0. The van der Waals surface area contributed by atoms with E-state index in [1.165, 1.54) is 4.57 Å². The van der Waals surface area contributed by atoms with Gasteiger partial charge in [0.1, 0.15) is 11.5 Å². The summed E-state index contributed by atoms with van der Waals surface area (Å²) in [5.74, 6) is 0.173. The predicted octanol–water partition coefficient (Wildman–Crippen LogP) is 3.42. The second-order valence-corrected chi connectivity index (χ2v) is 7.71. The molecule has 0 amide bonds. The first-order chi connectivity index (χ1) is 15.6. The summed E-state index contributed by atoms with van der Waals surface area (Å²) in [7, 11) is 0. The number of H-pyrrole nitrogens is 1. The number of nitrogen functional groups attached to an aromatic ring is 1. The molecule has 0 unspecified atom stereocenters. The summed E-state index contributed by atoms with van der Waals surface area (Å²) in [5.41, 5.74) is 8.94. The molecule has 0 aliphatic carbocycles. The molecule has 0 atom stereocenters. The Morgan fingerprint density at radius 1 is 0.750 bits per heavy atom. The van der Waals surface area contributed by atoms with Gasteiger partial charge in [-0.2, -0.15) is 0 Å². The number of aromatic amines is 1. The average molecular weight is 427 g/mol. The van der Waals surface area contributed by atoms with Crippen LogP contribution < -0.4 is 21.9 Å². The molecule has 3 aromatic carbocycles. The molecule has 0 aliphatic heterocycles. The minimum absolute atomic E-state index is 0.173. The van der Waals surface area contributed by atoms with Gasteiger partial charge in [-0.1, -0.05) is 91.0 Å². The van der Waals surface area contributed by atoms with Crippen LogP contribution in [0.1, 0.15) is 16.7 Å². The summed E-state index contributed by atoms with van der Waals surface area (Å²) < 4.78 is 1.42. The standard InChI is InChI=1S/C26H26N4O2/c27-24-23(25(31)28-26(32)30(24)19-22-14-8-3-9-15-22)29(18-21-12-6-2-7-13-21)17-16-20-10-4-1-5-11-20/h1-15H,16-19,27H2,(H,28,31,32). The predicted molar refractivity (Wildman–Crippen MR) is 129 cm³/mol. The maximum absolute atomic E-state index is 12.9. The van der Waals surface area contributed by atoms with Gasteiger partial charge in [-0.3, -0.25) is 14.3 Å². The third-order valence-electron chi connectivity index (χ3n) is 5.44. The van der Waals surface area contributed by atoms with Gasteiger partial charge in [0.25, 0.3) is 5.56 Å². The summed E-state index contributed by atoms with van der Waals surface area (Å²) in [6, 6.07) is 29.6. The lowest BCUT2D eigenvalue weighted by atomic mass is 10.1. The van der Waals surface area contributed by atoms with Crippen molar-refractivity contribution in [3.63, 3.8) is 0 Å². The minimum Gasteiger partial charge on any atom is -0.383 e. The van der Waals surface area contributed by atoms with Crippen molar-refractivity contribution in [3.05, 3.63) is 129 Å². The third kappa shape index (κ3) is 4.98. The molecule has 0 fully saturated rings. The summed E-state index contributed by atoms with van der Waals surface area (Å²) in [4.78, 5) is 29.9. The molecule has 0 saturated heterocycles. The Morgan fingerprint density at radius 3 is 1.88 bits per heavy atom. The number of hydrogen-bond donors (Lipinski definition) is 2. The Morgan fingerprint density at radius 2 is 1.28 bits per heavy atom. The maximum atomic E-state index is 12.9. The molecule has 4 rings (SSSR count). The van der Waals surface area contributed by atoms with Crippen LogP contribution >= 0.6 is 0 Å². The molecule has 0 radical (unpaired) electrons. The van der Waals surface area contributed by atoms with Crippen LogP contribution in [0.25, 0.3) is 0 Å². The molecule has 0 aliphatic rings. The van der Waals surface area contributed by atoms with Gasteiger partial charge >= 0.3 is 5.69 Å². The van der Waals surface area contributed by atoms with Crippen LogP contribution in [-0.2, 0) is 19.5 Å². The second kappa shape index (κ2) is 9.83. The largest absolute Gasteiger partial charge is 0.383 e. The average Bonchev–Trinajstić information content (AvgIpc) is 2.82. The van der Waals surface area contributed by atoms with Crippen LogP contribution in [0.4, 0.5) is 11.5 Å². The van der Waals surface area contributed by atoms with Crippen LogP contribution in [0.5, 0.6) is 0 Å². The topological polar surface area (TPSA) is 84.1 Å². The van der Waals surface area contributed by atoms with Crippen LogP contribution in [0.2, 0.25) is 0 Å². The number of nitrogens with zero attached hydrogens (tertiary/aromatic N) is 2. The van der Waals surface area contributed by atoms with Crippen LogP contribution in [-0.4, -0.2) is 16.1 Å². The van der Waals surface area contributed by atoms with E-state index in [0.29, 0.717) is 18.8 Å². The molecule has 6 heteroatoms. The smallest absolute Gasteiger partial charge is 0.330 e. The maximum Gasteiger partial charge on any atom is 0.330 e. The lowest BCUT2D eigenvalue weighted by Gasteiger charge is -2.26. The Hall–Kier alpha value is -4.06. The molecule has 1 aromatic heterocycles. The third-order valence-corrected chi connectivity index (χ3v) is 5.44. The van der Waals surface area contributed by atoms with Gasteiger partial charge in [-0.15, -0.1) is 0 Å². The lowest BCUT2D eigenvalue weighted by molar-refractivity contribution is 0.710. The van der Waals surface area contributed by atoms with E-state index in [4.69, 9.17) is 5.73 Å². The first-order valence-corrected chi connectivity index (χ1v) is 10.6. The van der Waals surface area contributed by atoms with Crippen molar-refractivity contribution in [1.29, 1.82) is 0 Å². The first kappa shape index (κ1) is 21.2. The molecule has 0 spiro atoms. The van der Waals surface area contributed by atoms with Crippen LogP contribution in [0, 0.1) is 0 Å². The molecule has 6 nitrogen and oxygen atoms in total. The molecular formula is C26H26N4O2. The van der Waals surface area contributed by atoms with Gasteiger partial charge in [0, 0.05) is 13.1 Å². The molecule has 162 valence electrons. The monoisotopic (exact) mass is 426 g/mol. The van der Waals surface area contributed by atoms with Gasteiger partial charge in [0.15, 0.2) is 0 Å². The van der Waals surface area contributed by atoms with E-state index in [-0.39, 0.29) is 12.4 Å². The zero-order valence-electron chi connectivity index (χ0n) is 17.8. The van der Waals surface area contributed by atoms with Crippen molar-refractivity contribution in [3.8, 4) is 0 Å². The molecule has 1 heterocycles. The fraction of sp³-hybridized carbons (Fsp3) is 0.154. The first-order valence-electron chi connectivity index (χ1n) is 10.6. The summed E-state index contributed by atoms with van der Waals surface area (Å²) in [6.45, 7) is 1.37. The highest BCUT2D eigenvalue weighted by Crippen LogP contribution is 2.21. The minimum atomic E-state index is -0.511.